The van der Waals surface area contributed by atoms with Gasteiger partial charge in [-0.05, 0) is 41.1 Å². The molecule has 1 aliphatic heterocycles. The van der Waals surface area contributed by atoms with Crippen LogP contribution in [-0.2, 0) is 12.8 Å². The van der Waals surface area contributed by atoms with Crippen LogP contribution in [0.25, 0.3) is 0 Å². The van der Waals surface area contributed by atoms with Gasteiger partial charge in [-0.1, -0.05) is 45.0 Å². The molecule has 0 aromatic heterocycles. The fourth-order valence-electron chi connectivity index (χ4n) is 2.81. The first-order valence-corrected chi connectivity index (χ1v) is 8.04. The van der Waals surface area contributed by atoms with Gasteiger partial charge in [-0.3, -0.25) is 0 Å². The third kappa shape index (κ3) is 4.00. The fraction of sp³-hybridized carbons (Fsp3) is 0.647. The second kappa shape index (κ2) is 6.32. The molecule has 19 heavy (non-hydrogen) atoms. The number of nitrogens with zero attached hydrogens (tertiary/aromatic N) is 1. The van der Waals surface area contributed by atoms with Crippen LogP contribution in [0.5, 0.6) is 0 Å². The minimum atomic E-state index is 0.348. The zero-order chi connectivity index (χ0) is 13.9. The molecular formula is C17H27NS. The Labute approximate surface area is 123 Å². The predicted molar refractivity (Wildman–Crippen MR) is 87.1 cm³/mol. The molecule has 1 nitrogen and oxygen atoms in total. The number of thiol groups is 1. The molecule has 1 aromatic rings. The summed E-state index contributed by atoms with van der Waals surface area (Å²) in [6, 6.07) is 8.91. The van der Waals surface area contributed by atoms with Crippen molar-refractivity contribution in [2.24, 2.45) is 11.3 Å². The molecule has 0 bridgehead atoms. The van der Waals surface area contributed by atoms with Gasteiger partial charge in [-0.2, -0.15) is 12.6 Å². The molecule has 1 heterocycles. The van der Waals surface area contributed by atoms with Gasteiger partial charge in [0.2, 0.25) is 0 Å². The standard InChI is InChI=1S/C17H27NS/c1-17(2,3)16(13-19)12-18-10-8-14-6-4-5-7-15(14)9-11-18/h4-7,16,19H,8-13H2,1-3H3. The second-order valence-electron chi connectivity index (χ2n) is 6.81. The van der Waals surface area contributed by atoms with E-state index in [0.717, 1.165) is 5.75 Å². The summed E-state index contributed by atoms with van der Waals surface area (Å²) in [6.45, 7) is 10.6. The largest absolute Gasteiger partial charge is 0.302 e. The van der Waals surface area contributed by atoms with Crippen LogP contribution >= 0.6 is 12.6 Å². The van der Waals surface area contributed by atoms with E-state index >= 15 is 0 Å². The molecule has 0 saturated heterocycles. The van der Waals surface area contributed by atoms with Crippen LogP contribution in [0.4, 0.5) is 0 Å². The summed E-state index contributed by atoms with van der Waals surface area (Å²) in [6.07, 6.45) is 2.39. The van der Waals surface area contributed by atoms with E-state index < -0.39 is 0 Å². The Morgan fingerprint density at radius 3 is 2.05 bits per heavy atom. The average molecular weight is 277 g/mol. The lowest BCUT2D eigenvalue weighted by molar-refractivity contribution is 0.169. The zero-order valence-electron chi connectivity index (χ0n) is 12.5. The van der Waals surface area contributed by atoms with E-state index in [4.69, 9.17) is 0 Å². The molecule has 1 unspecified atom stereocenters. The summed E-state index contributed by atoms with van der Waals surface area (Å²) in [5, 5.41) is 0. The third-order valence-electron chi connectivity index (χ3n) is 4.44. The highest BCUT2D eigenvalue weighted by atomic mass is 32.1. The van der Waals surface area contributed by atoms with E-state index in [1.807, 2.05) is 0 Å². The van der Waals surface area contributed by atoms with Gasteiger partial charge in [-0.15, -0.1) is 0 Å². The van der Waals surface area contributed by atoms with Gasteiger partial charge in [-0.25, -0.2) is 0 Å². The zero-order valence-corrected chi connectivity index (χ0v) is 13.4. The van der Waals surface area contributed by atoms with Crippen molar-refractivity contribution in [2.45, 2.75) is 33.6 Å². The van der Waals surface area contributed by atoms with Gasteiger partial charge in [0.15, 0.2) is 0 Å². The van der Waals surface area contributed by atoms with Gasteiger partial charge in [0.05, 0.1) is 0 Å². The normalized spacial score (nSPS) is 18.7. The maximum atomic E-state index is 4.56. The van der Waals surface area contributed by atoms with Gasteiger partial charge in [0.1, 0.15) is 0 Å². The molecule has 106 valence electrons. The molecule has 0 spiro atoms. The van der Waals surface area contributed by atoms with Crippen molar-refractivity contribution in [3.8, 4) is 0 Å². The fourth-order valence-corrected chi connectivity index (χ4v) is 3.48. The summed E-state index contributed by atoms with van der Waals surface area (Å²) in [7, 11) is 0. The summed E-state index contributed by atoms with van der Waals surface area (Å²) in [5.74, 6) is 1.64. The van der Waals surface area contributed by atoms with Crippen molar-refractivity contribution in [2.75, 3.05) is 25.4 Å². The molecule has 0 N–H and O–H groups in total. The van der Waals surface area contributed by atoms with E-state index in [-0.39, 0.29) is 0 Å². The van der Waals surface area contributed by atoms with Crippen LogP contribution < -0.4 is 0 Å². The lowest BCUT2D eigenvalue weighted by Gasteiger charge is -2.34. The van der Waals surface area contributed by atoms with Crippen LogP contribution in [0.15, 0.2) is 24.3 Å². The highest BCUT2D eigenvalue weighted by Gasteiger charge is 2.26. The van der Waals surface area contributed by atoms with E-state index in [1.54, 1.807) is 11.1 Å². The van der Waals surface area contributed by atoms with E-state index in [0.29, 0.717) is 11.3 Å². The Bertz CT molecular complexity index is 381. The van der Waals surface area contributed by atoms with Crippen LogP contribution in [0, 0.1) is 11.3 Å². The quantitative estimate of drug-likeness (QED) is 0.825. The van der Waals surface area contributed by atoms with Crippen molar-refractivity contribution in [3.63, 3.8) is 0 Å². The number of hydrogen-bond acceptors (Lipinski definition) is 2. The topological polar surface area (TPSA) is 3.24 Å². The lowest BCUT2D eigenvalue weighted by atomic mass is 9.81. The summed E-state index contributed by atoms with van der Waals surface area (Å²) in [4.78, 5) is 2.63. The first-order chi connectivity index (χ1) is 9.00. The number of fused-ring (bicyclic) bond motifs is 1. The molecule has 0 fully saturated rings. The van der Waals surface area contributed by atoms with Crippen LogP contribution in [0.3, 0.4) is 0 Å². The number of hydrogen-bond donors (Lipinski definition) is 1. The third-order valence-corrected chi connectivity index (χ3v) is 4.88. The Morgan fingerprint density at radius 1 is 1.11 bits per heavy atom. The molecular weight excluding hydrogens is 250 g/mol. The van der Waals surface area contributed by atoms with Crippen molar-refractivity contribution in [1.82, 2.24) is 4.90 Å². The number of benzene rings is 1. The maximum absolute atomic E-state index is 4.56. The first kappa shape index (κ1) is 14.9. The second-order valence-corrected chi connectivity index (χ2v) is 7.18. The number of rotatable bonds is 3. The van der Waals surface area contributed by atoms with E-state index in [2.05, 4.69) is 62.6 Å². The molecule has 0 saturated carbocycles. The van der Waals surface area contributed by atoms with Gasteiger partial charge in [0.25, 0.3) is 0 Å². The van der Waals surface area contributed by atoms with Gasteiger partial charge < -0.3 is 4.90 Å². The lowest BCUT2D eigenvalue weighted by Crippen LogP contribution is -2.37. The minimum Gasteiger partial charge on any atom is -0.302 e. The van der Waals surface area contributed by atoms with Crippen LogP contribution in [-0.4, -0.2) is 30.3 Å². The van der Waals surface area contributed by atoms with Gasteiger partial charge in [0, 0.05) is 19.6 Å². The summed E-state index contributed by atoms with van der Waals surface area (Å²) in [5.41, 5.74) is 3.44. The van der Waals surface area contributed by atoms with E-state index in [1.165, 1.54) is 32.5 Å². The Hall–Kier alpha value is -0.470. The molecule has 0 aliphatic carbocycles. The summed E-state index contributed by atoms with van der Waals surface area (Å²) >= 11 is 4.56. The minimum absolute atomic E-state index is 0.348. The predicted octanol–water partition coefficient (Wildman–Crippen LogP) is 3.68. The Balaban J connectivity index is 1.98. The molecule has 2 heteroatoms. The maximum Gasteiger partial charge on any atom is 0.00227 e. The molecule has 1 atom stereocenters. The van der Waals surface area contributed by atoms with Crippen molar-refractivity contribution in [1.29, 1.82) is 0 Å². The highest BCUT2D eigenvalue weighted by molar-refractivity contribution is 7.80. The molecule has 2 rings (SSSR count). The van der Waals surface area contributed by atoms with Gasteiger partial charge >= 0.3 is 0 Å². The average Bonchev–Trinajstić information content (AvgIpc) is 2.57. The molecule has 0 radical (unpaired) electrons. The molecule has 0 amide bonds. The van der Waals surface area contributed by atoms with Crippen molar-refractivity contribution >= 4 is 12.6 Å². The molecule has 1 aromatic carbocycles. The van der Waals surface area contributed by atoms with Crippen molar-refractivity contribution in [3.05, 3.63) is 35.4 Å². The monoisotopic (exact) mass is 277 g/mol. The van der Waals surface area contributed by atoms with Crippen LogP contribution in [0.2, 0.25) is 0 Å². The first-order valence-electron chi connectivity index (χ1n) is 7.40. The Morgan fingerprint density at radius 2 is 1.63 bits per heavy atom. The van der Waals surface area contributed by atoms with Crippen LogP contribution in [0.1, 0.15) is 31.9 Å². The highest BCUT2D eigenvalue weighted by Crippen LogP contribution is 2.28. The SMILES string of the molecule is CC(C)(C)C(CS)CN1CCc2ccccc2CC1. The Kier molecular flexibility index (Phi) is 4.97. The smallest absolute Gasteiger partial charge is 0.00227 e. The van der Waals surface area contributed by atoms with E-state index in [9.17, 15) is 0 Å². The molecule has 1 aliphatic rings. The summed E-state index contributed by atoms with van der Waals surface area (Å²) < 4.78 is 0. The van der Waals surface area contributed by atoms with Crippen molar-refractivity contribution < 1.29 is 0 Å².